The average molecular weight is 291 g/mol. The van der Waals surface area contributed by atoms with E-state index in [9.17, 15) is 4.39 Å². The van der Waals surface area contributed by atoms with Crippen molar-refractivity contribution < 1.29 is 9.13 Å². The van der Waals surface area contributed by atoms with E-state index in [-0.39, 0.29) is 5.70 Å². The molecule has 1 rings (SSSR count). The van der Waals surface area contributed by atoms with Crippen molar-refractivity contribution in [3.8, 4) is 5.75 Å². The van der Waals surface area contributed by atoms with Gasteiger partial charge in [0.25, 0.3) is 0 Å². The van der Waals surface area contributed by atoms with Crippen molar-refractivity contribution in [3.05, 3.63) is 41.9 Å². The number of nitrogens with two attached hydrogens (primary N) is 1. The van der Waals surface area contributed by atoms with Gasteiger partial charge in [0, 0.05) is 11.6 Å². The molecule has 116 valence electrons. The molecule has 1 aromatic rings. The standard InChI is InChI=1S/C18H26FNO/c1-4-8-14(5-2)9-7-12-21-15-10-11-16(17(19)13-15)18(20)6-3/h10-11,13-14H,3-5,7-9,12,20H2,1-2H3. The highest BCUT2D eigenvalue weighted by molar-refractivity contribution is 5.62. The quantitative estimate of drug-likeness (QED) is 0.519. The molecule has 0 bridgehead atoms. The Bertz CT molecular complexity index is 492. The highest BCUT2D eigenvalue weighted by atomic mass is 19.1. The van der Waals surface area contributed by atoms with Crippen LogP contribution < -0.4 is 10.5 Å². The summed E-state index contributed by atoms with van der Waals surface area (Å²) in [6, 6.07) is 4.69. The molecule has 0 aromatic heterocycles. The first-order chi connectivity index (χ1) is 10.1. The third-order valence-electron chi connectivity index (χ3n) is 3.72. The van der Waals surface area contributed by atoms with E-state index < -0.39 is 5.82 Å². The predicted octanol–water partition coefficient (Wildman–Crippen LogP) is 4.90. The molecule has 0 radical (unpaired) electrons. The first-order valence-electron chi connectivity index (χ1n) is 7.70. The lowest BCUT2D eigenvalue weighted by atomic mass is 9.96. The number of benzene rings is 1. The van der Waals surface area contributed by atoms with Crippen LogP contribution in [0.1, 0.15) is 51.5 Å². The Kier molecular flexibility index (Phi) is 7.63. The zero-order chi connectivity index (χ0) is 15.7. The molecule has 0 fully saturated rings. The molecule has 1 atom stereocenters. The molecule has 0 aliphatic heterocycles. The van der Waals surface area contributed by atoms with Gasteiger partial charge in [-0.3, -0.25) is 0 Å². The number of hydrogen-bond donors (Lipinski definition) is 1. The number of rotatable bonds is 9. The topological polar surface area (TPSA) is 35.2 Å². The Morgan fingerprint density at radius 1 is 1.38 bits per heavy atom. The molecule has 0 spiro atoms. The first kappa shape index (κ1) is 17.3. The van der Waals surface area contributed by atoms with Gasteiger partial charge in [-0.25, -0.2) is 4.39 Å². The van der Waals surface area contributed by atoms with Crippen molar-refractivity contribution in [2.24, 2.45) is 11.7 Å². The van der Waals surface area contributed by atoms with Gasteiger partial charge in [0.05, 0.1) is 12.3 Å². The summed E-state index contributed by atoms with van der Waals surface area (Å²) in [5, 5.41) is 0. The number of hydrogen-bond acceptors (Lipinski definition) is 2. The fourth-order valence-corrected chi connectivity index (χ4v) is 2.42. The fourth-order valence-electron chi connectivity index (χ4n) is 2.42. The first-order valence-corrected chi connectivity index (χ1v) is 7.70. The summed E-state index contributed by atoms with van der Waals surface area (Å²) >= 11 is 0. The molecule has 1 unspecified atom stereocenters. The van der Waals surface area contributed by atoms with Crippen molar-refractivity contribution in [2.45, 2.75) is 46.0 Å². The third kappa shape index (κ3) is 5.65. The van der Waals surface area contributed by atoms with E-state index in [1.807, 2.05) is 0 Å². The van der Waals surface area contributed by atoms with Crippen molar-refractivity contribution in [1.29, 1.82) is 0 Å². The van der Waals surface area contributed by atoms with Gasteiger partial charge in [0.1, 0.15) is 11.6 Å². The van der Waals surface area contributed by atoms with Crippen LogP contribution in [0.3, 0.4) is 0 Å². The maximum Gasteiger partial charge on any atom is 0.136 e. The molecule has 21 heavy (non-hydrogen) atoms. The van der Waals surface area contributed by atoms with E-state index in [0.717, 1.165) is 18.8 Å². The predicted molar refractivity (Wildman–Crippen MR) is 86.6 cm³/mol. The highest BCUT2D eigenvalue weighted by Crippen LogP contribution is 2.21. The minimum atomic E-state index is -0.404. The lowest BCUT2D eigenvalue weighted by Crippen LogP contribution is -2.04. The summed E-state index contributed by atoms with van der Waals surface area (Å²) in [4.78, 5) is 0. The molecule has 0 amide bonds. The minimum absolute atomic E-state index is 0.212. The van der Waals surface area contributed by atoms with Crippen molar-refractivity contribution in [3.63, 3.8) is 0 Å². The molecule has 2 N–H and O–H groups in total. The zero-order valence-corrected chi connectivity index (χ0v) is 13.1. The fraction of sp³-hybridized carbons (Fsp3) is 0.500. The van der Waals surface area contributed by atoms with Crippen molar-refractivity contribution in [1.82, 2.24) is 0 Å². The molecule has 0 aliphatic carbocycles. The van der Waals surface area contributed by atoms with Crippen LogP contribution in [0, 0.1) is 11.7 Å². The summed E-state index contributed by atoms with van der Waals surface area (Å²) < 4.78 is 19.4. The maximum absolute atomic E-state index is 13.8. The van der Waals surface area contributed by atoms with Crippen LogP contribution in [-0.2, 0) is 0 Å². The summed E-state index contributed by atoms with van der Waals surface area (Å²) in [6.07, 6.45) is 5.87. The molecular formula is C18H26FNO. The highest BCUT2D eigenvalue weighted by Gasteiger charge is 2.07. The van der Waals surface area contributed by atoms with Crippen LogP contribution in [0.2, 0.25) is 0 Å². The van der Waals surface area contributed by atoms with Crippen LogP contribution in [0.5, 0.6) is 5.75 Å². The number of ether oxygens (including phenoxy) is 1. The number of halogens is 1. The summed E-state index contributed by atoms with van der Waals surface area (Å²) in [7, 11) is 0. The van der Waals surface area contributed by atoms with Crippen LogP contribution >= 0.6 is 0 Å². The Labute approximate surface area is 127 Å². The second-order valence-electron chi connectivity index (χ2n) is 5.29. The zero-order valence-electron chi connectivity index (χ0n) is 13.1. The SMILES string of the molecule is C=C=C(N)c1ccc(OCCCC(CC)CCC)cc1F. The van der Waals surface area contributed by atoms with Crippen LogP contribution in [0.4, 0.5) is 4.39 Å². The van der Waals surface area contributed by atoms with Crippen LogP contribution in [0.25, 0.3) is 5.70 Å². The Balaban J connectivity index is 2.46. The molecule has 0 saturated heterocycles. The molecule has 2 nitrogen and oxygen atoms in total. The van der Waals surface area contributed by atoms with E-state index in [1.165, 1.54) is 25.3 Å². The molecule has 3 heteroatoms. The molecule has 0 aliphatic rings. The van der Waals surface area contributed by atoms with Gasteiger partial charge >= 0.3 is 0 Å². The Hall–Kier alpha value is -1.73. The van der Waals surface area contributed by atoms with Crippen LogP contribution in [-0.4, -0.2) is 6.61 Å². The maximum atomic E-state index is 13.8. The molecule has 0 saturated carbocycles. The van der Waals surface area contributed by atoms with Gasteiger partial charge in [-0.1, -0.05) is 39.7 Å². The van der Waals surface area contributed by atoms with E-state index in [4.69, 9.17) is 10.5 Å². The lowest BCUT2D eigenvalue weighted by Gasteiger charge is -2.14. The van der Waals surface area contributed by atoms with E-state index in [1.54, 1.807) is 12.1 Å². The van der Waals surface area contributed by atoms with Gasteiger partial charge in [0.15, 0.2) is 0 Å². The second kappa shape index (κ2) is 9.25. The second-order valence-corrected chi connectivity index (χ2v) is 5.29. The summed E-state index contributed by atoms with van der Waals surface area (Å²) in [5.74, 6) is 0.908. The third-order valence-corrected chi connectivity index (χ3v) is 3.72. The van der Waals surface area contributed by atoms with Crippen molar-refractivity contribution >= 4 is 5.70 Å². The smallest absolute Gasteiger partial charge is 0.136 e. The van der Waals surface area contributed by atoms with Gasteiger partial charge in [-0.15, -0.1) is 5.73 Å². The largest absolute Gasteiger partial charge is 0.493 e. The molecule has 1 aromatic carbocycles. The monoisotopic (exact) mass is 291 g/mol. The van der Waals surface area contributed by atoms with Gasteiger partial charge in [-0.2, -0.15) is 0 Å². The normalized spacial score (nSPS) is 11.8. The molecule has 0 heterocycles. The minimum Gasteiger partial charge on any atom is -0.493 e. The van der Waals surface area contributed by atoms with E-state index in [2.05, 4.69) is 26.2 Å². The van der Waals surface area contributed by atoms with Crippen LogP contribution in [0.15, 0.2) is 30.5 Å². The molecular weight excluding hydrogens is 265 g/mol. The lowest BCUT2D eigenvalue weighted by molar-refractivity contribution is 0.285. The Morgan fingerprint density at radius 2 is 2.14 bits per heavy atom. The van der Waals surface area contributed by atoms with Crippen molar-refractivity contribution in [2.75, 3.05) is 6.61 Å². The van der Waals surface area contributed by atoms with Gasteiger partial charge in [0.2, 0.25) is 0 Å². The summed E-state index contributed by atoms with van der Waals surface area (Å²) in [6.45, 7) is 8.48. The van der Waals surface area contributed by atoms with E-state index >= 15 is 0 Å². The van der Waals surface area contributed by atoms with Gasteiger partial charge < -0.3 is 10.5 Å². The van der Waals surface area contributed by atoms with Gasteiger partial charge in [-0.05, 0) is 30.9 Å². The average Bonchev–Trinajstić information content (AvgIpc) is 2.49. The Morgan fingerprint density at radius 3 is 2.71 bits per heavy atom. The summed E-state index contributed by atoms with van der Waals surface area (Å²) in [5.41, 5.74) is 8.62. The van der Waals surface area contributed by atoms with E-state index in [0.29, 0.717) is 17.9 Å².